The van der Waals surface area contributed by atoms with Gasteiger partial charge in [0, 0.05) is 11.1 Å². The molecule has 0 atom stereocenters. The quantitative estimate of drug-likeness (QED) is 0.0702. The summed E-state index contributed by atoms with van der Waals surface area (Å²) in [5.41, 5.74) is 4.05. The number of hydrogen-bond donors (Lipinski definition) is 0. The first kappa shape index (κ1) is 43.6. The van der Waals surface area contributed by atoms with E-state index in [1.54, 1.807) is 24.3 Å². The van der Waals surface area contributed by atoms with Gasteiger partial charge >= 0.3 is 33.0 Å². The van der Waals surface area contributed by atoms with Gasteiger partial charge < -0.3 is 0 Å². The van der Waals surface area contributed by atoms with Gasteiger partial charge in [0.05, 0.1) is 22.8 Å². The molecule has 0 aliphatic carbocycles. The molecule has 8 aromatic carbocycles. The van der Waals surface area contributed by atoms with Crippen molar-refractivity contribution >= 4 is 90.5 Å². The Balaban J connectivity index is 0.00000182. The van der Waals surface area contributed by atoms with Crippen molar-refractivity contribution < 1.29 is 21.4 Å². The normalized spacial score (nSPS) is 12.1. The Kier molecular flexibility index (Phi) is 14.5. The van der Waals surface area contributed by atoms with Crippen molar-refractivity contribution in [1.29, 1.82) is 0 Å². The van der Waals surface area contributed by atoms with Gasteiger partial charge in [-0.3, -0.25) is 0 Å². The first-order valence-electron chi connectivity index (χ1n) is 19.7. The number of hydrogen-bond acceptors (Lipinski definition) is 2. The number of rotatable bonds is 11. The Bertz CT molecular complexity index is 2450. The van der Waals surface area contributed by atoms with E-state index in [0.717, 1.165) is 21.7 Å². The Labute approximate surface area is 373 Å². The topological polar surface area (TPSA) is 24.7 Å². The molecule has 0 aromatic heterocycles. The molecular weight excluding hydrogens is 876 g/mol. The number of halogens is 4. The molecule has 61 heavy (non-hydrogen) atoms. The predicted molar refractivity (Wildman–Crippen MR) is 257 cm³/mol. The minimum atomic E-state index is -2.65. The van der Waals surface area contributed by atoms with Crippen molar-refractivity contribution in [2.45, 2.75) is 13.1 Å². The summed E-state index contributed by atoms with van der Waals surface area (Å²) in [5.74, 6) is -0.704. The van der Waals surface area contributed by atoms with Crippen LogP contribution in [0.2, 0.25) is 13.1 Å². The molecule has 8 rings (SSSR count). The van der Waals surface area contributed by atoms with Gasteiger partial charge in [-0.1, -0.05) is 171 Å². The van der Waals surface area contributed by atoms with E-state index in [9.17, 15) is 8.78 Å². The van der Waals surface area contributed by atoms with E-state index in [2.05, 4.69) is 147 Å². The van der Waals surface area contributed by atoms with Crippen molar-refractivity contribution in [2.24, 2.45) is 9.98 Å². The average molecular weight is 919 g/mol. The van der Waals surface area contributed by atoms with Gasteiger partial charge in [-0.15, -0.1) is 0 Å². The number of para-hydroxylation sites is 2. The first-order valence-corrected chi connectivity index (χ1v) is 27.4. The summed E-state index contributed by atoms with van der Waals surface area (Å²) in [6, 6.07) is 72.1. The molecule has 306 valence electrons. The van der Waals surface area contributed by atoms with Crippen LogP contribution >= 0.6 is 20.4 Å². The summed E-state index contributed by atoms with van der Waals surface area (Å²) in [5, 5.41) is 7.25. The zero-order valence-corrected chi connectivity index (χ0v) is 38.0. The summed E-state index contributed by atoms with van der Waals surface area (Å²) >= 11 is 0.569. The third-order valence-electron chi connectivity index (χ3n) is 11.2. The Morgan fingerprint density at radius 1 is 0.377 bits per heavy atom. The molecule has 0 saturated heterocycles. The second-order valence-electron chi connectivity index (χ2n) is 14.7. The maximum absolute atomic E-state index is 14.7. The molecule has 0 amide bonds. The van der Waals surface area contributed by atoms with Gasteiger partial charge in [0.25, 0.3) is 0 Å². The van der Waals surface area contributed by atoms with Gasteiger partial charge in [-0.2, -0.15) is 0 Å². The fraction of sp³-hybridized carbons (Fsp3) is 0.0385. The molecule has 0 aliphatic heterocycles. The third kappa shape index (κ3) is 9.68. The molecule has 8 aromatic rings. The van der Waals surface area contributed by atoms with E-state index in [1.807, 2.05) is 36.4 Å². The molecule has 0 aliphatic rings. The van der Waals surface area contributed by atoms with E-state index in [1.165, 1.54) is 45.0 Å². The number of aliphatic imine (C=N–C) groups is 2. The van der Waals surface area contributed by atoms with E-state index in [-0.39, 0.29) is 11.6 Å². The van der Waals surface area contributed by atoms with Crippen LogP contribution < -0.4 is 31.1 Å². The van der Waals surface area contributed by atoms with Crippen molar-refractivity contribution in [3.05, 3.63) is 241 Å². The zero-order chi connectivity index (χ0) is 42.7. The third-order valence-corrected chi connectivity index (χ3v) is 20.2. The molecule has 0 saturated carbocycles. The molecule has 9 heteroatoms. The van der Waals surface area contributed by atoms with E-state index in [0.29, 0.717) is 35.2 Å². The van der Waals surface area contributed by atoms with Crippen molar-refractivity contribution in [3.63, 3.8) is 0 Å². The molecule has 2 nitrogen and oxygen atoms in total. The van der Waals surface area contributed by atoms with E-state index < -0.39 is 16.1 Å². The van der Waals surface area contributed by atoms with Gasteiger partial charge in [-0.25, -0.2) is 18.8 Å². The summed E-state index contributed by atoms with van der Waals surface area (Å²) in [7, 11) is 4.09. The molecule has 0 bridgehead atoms. The Morgan fingerprint density at radius 2 is 0.623 bits per heavy atom. The predicted octanol–water partition coefficient (Wildman–Crippen LogP) is 10.5. The Hall–Kier alpha value is -5.53. The fourth-order valence-electron chi connectivity index (χ4n) is 7.99. The molecule has 0 unspecified atom stereocenters. The molecule has 0 heterocycles. The van der Waals surface area contributed by atoms with Crippen LogP contribution in [-0.4, -0.2) is 27.6 Å². The molecule has 0 fully saturated rings. The monoisotopic (exact) mass is 916 g/mol. The van der Waals surface area contributed by atoms with Crippen molar-refractivity contribution in [3.8, 4) is 0 Å². The SMILES string of the molecule is C[Si](c1ccccc1)(c1ccccc1)c1ccccc1N=C(C(=Nc1ccccc1[Si](C)(c1ccccc1)c1ccccc1)c1ccc(F)cc1)c1ccc(F)cc1.[Cl][Ni][Cl]. The van der Waals surface area contributed by atoms with Gasteiger partial charge in [0.2, 0.25) is 0 Å². The van der Waals surface area contributed by atoms with Crippen LogP contribution in [0.25, 0.3) is 0 Å². The van der Waals surface area contributed by atoms with Crippen LogP contribution in [0.4, 0.5) is 20.2 Å². The zero-order valence-electron chi connectivity index (χ0n) is 33.5. The van der Waals surface area contributed by atoms with Crippen LogP contribution in [-0.2, 0) is 12.7 Å². The van der Waals surface area contributed by atoms with Crippen LogP contribution in [0.3, 0.4) is 0 Å². The van der Waals surface area contributed by atoms with Crippen molar-refractivity contribution in [2.75, 3.05) is 0 Å². The van der Waals surface area contributed by atoms with E-state index in [4.69, 9.17) is 30.4 Å². The Morgan fingerprint density at radius 3 is 0.902 bits per heavy atom. The summed E-state index contributed by atoms with van der Waals surface area (Å²) in [6.45, 7) is 4.74. The maximum atomic E-state index is 14.7. The van der Waals surface area contributed by atoms with Gasteiger partial charge in [0.15, 0.2) is 0 Å². The molecule has 0 spiro atoms. The summed E-state index contributed by atoms with van der Waals surface area (Å²) < 4.78 is 29.4. The second kappa shape index (κ2) is 20.4. The van der Waals surface area contributed by atoms with E-state index >= 15 is 0 Å². The number of benzene rings is 8. The number of nitrogens with zero attached hydrogens (tertiary/aromatic N) is 2. The van der Waals surface area contributed by atoms with Crippen LogP contribution in [0.15, 0.2) is 228 Å². The summed E-state index contributed by atoms with van der Waals surface area (Å²) in [6.07, 6.45) is 0. The standard InChI is InChI=1S/C52H42F2N2Si2.2ClH.Ni/c1-57(43-19-7-3-8-20-43,44-21-9-4-10-22-44)49-29-17-15-27-47(49)55-51(39-31-35-41(53)36-32-39)52(40-33-37-42(54)38-34-40)56-48-28-16-18-30-50(48)58(2,45-23-11-5-12-24-45)46-25-13-6-14-26-46;;;/h3-38H,1-2H3;2*1H;/q;;;+2/p-2. The van der Waals surface area contributed by atoms with Gasteiger partial charge in [0.1, 0.15) is 27.8 Å². The summed E-state index contributed by atoms with van der Waals surface area (Å²) in [4.78, 5) is 11.2. The first-order chi connectivity index (χ1) is 29.8. The fourth-order valence-corrected chi connectivity index (χ4v) is 15.5. The molecule has 0 N–H and O–H groups in total. The van der Waals surface area contributed by atoms with Gasteiger partial charge in [-0.05, 0) is 91.8 Å². The second-order valence-corrected chi connectivity index (χ2v) is 24.2. The minimum absolute atomic E-state index is 0.352. The van der Waals surface area contributed by atoms with Crippen LogP contribution in [0, 0.1) is 11.6 Å². The molecular formula is C52H42Cl2F2N2NiSi2. The van der Waals surface area contributed by atoms with Crippen LogP contribution in [0.1, 0.15) is 11.1 Å². The average Bonchev–Trinajstić information content (AvgIpc) is 3.32. The van der Waals surface area contributed by atoms with Crippen LogP contribution in [0.5, 0.6) is 0 Å². The van der Waals surface area contributed by atoms with Crippen molar-refractivity contribution in [1.82, 2.24) is 0 Å². The molecule has 0 radical (unpaired) electrons.